The van der Waals surface area contributed by atoms with Crippen LogP contribution in [0, 0.1) is 5.82 Å². The van der Waals surface area contributed by atoms with Crippen LogP contribution in [0.25, 0.3) is 5.76 Å². The van der Waals surface area contributed by atoms with Crippen LogP contribution in [0.15, 0.2) is 82.7 Å². The summed E-state index contributed by atoms with van der Waals surface area (Å²) >= 11 is 8.48. The Kier molecular flexibility index (Phi) is 9.02. The van der Waals surface area contributed by atoms with E-state index in [-0.39, 0.29) is 16.3 Å². The zero-order valence-corrected chi connectivity index (χ0v) is 24.3. The lowest BCUT2D eigenvalue weighted by Crippen LogP contribution is -2.29. The number of rotatable bonds is 10. The highest BCUT2D eigenvalue weighted by atomic mass is 35.5. The van der Waals surface area contributed by atoms with Crippen molar-refractivity contribution in [1.29, 1.82) is 0 Å². The van der Waals surface area contributed by atoms with Crippen LogP contribution in [-0.4, -0.2) is 33.6 Å². The zero-order chi connectivity index (χ0) is 28.9. The number of carbonyl (C=O) groups excluding carboxylic acids is 2. The van der Waals surface area contributed by atoms with Gasteiger partial charge in [-0.1, -0.05) is 78.4 Å². The van der Waals surface area contributed by atoms with Crippen molar-refractivity contribution in [2.45, 2.75) is 35.9 Å². The van der Waals surface area contributed by atoms with Gasteiger partial charge in [-0.2, -0.15) is 0 Å². The number of ketones is 1. The maximum Gasteiger partial charge on any atom is 0.301 e. The van der Waals surface area contributed by atoms with Gasteiger partial charge in [0.1, 0.15) is 23.4 Å². The SMILES string of the molecule is CCCCOc1ccc(C(O)=C2C(=O)C(=O)N(c3nnc(SCc4ccc(Cl)cc4)s3)[C@H]2c2ccccc2F)cc1. The average Bonchev–Trinajstić information content (AvgIpc) is 3.55. The Morgan fingerprint density at radius 3 is 2.51 bits per heavy atom. The Morgan fingerprint density at radius 2 is 1.80 bits per heavy atom. The van der Waals surface area contributed by atoms with Gasteiger partial charge in [0.25, 0.3) is 5.78 Å². The molecule has 3 aromatic carbocycles. The first kappa shape index (κ1) is 28.8. The number of nitrogens with zero attached hydrogens (tertiary/aromatic N) is 3. The molecular weight excluding hydrogens is 585 g/mol. The van der Waals surface area contributed by atoms with Gasteiger partial charge in [0.05, 0.1) is 12.2 Å². The van der Waals surface area contributed by atoms with Crippen molar-refractivity contribution in [3.8, 4) is 5.75 Å². The number of aliphatic hydroxyl groups is 1. The second-order valence-corrected chi connectivity index (χ2v) is 11.8. The molecule has 11 heteroatoms. The molecule has 0 bridgehead atoms. The molecular formula is C30H25ClFN3O4S2. The van der Waals surface area contributed by atoms with Crippen molar-refractivity contribution in [2.75, 3.05) is 11.5 Å². The number of thioether (sulfide) groups is 1. The molecule has 1 aromatic heterocycles. The zero-order valence-electron chi connectivity index (χ0n) is 21.9. The first-order valence-corrected chi connectivity index (χ1v) is 15.0. The molecule has 1 fully saturated rings. The van der Waals surface area contributed by atoms with Crippen LogP contribution in [0.2, 0.25) is 5.02 Å². The van der Waals surface area contributed by atoms with E-state index in [1.54, 1.807) is 42.5 Å². The van der Waals surface area contributed by atoms with Gasteiger partial charge in [-0.25, -0.2) is 4.39 Å². The van der Waals surface area contributed by atoms with Gasteiger partial charge in [-0.05, 0) is 54.4 Å². The van der Waals surface area contributed by atoms with E-state index < -0.39 is 29.3 Å². The van der Waals surface area contributed by atoms with E-state index in [0.717, 1.165) is 34.6 Å². The van der Waals surface area contributed by atoms with Gasteiger partial charge in [0.15, 0.2) is 4.34 Å². The minimum Gasteiger partial charge on any atom is -0.507 e. The summed E-state index contributed by atoms with van der Waals surface area (Å²) in [7, 11) is 0. The molecule has 1 N–H and O–H groups in total. The standard InChI is InChI=1S/C30H25ClFN3O4S2/c1-2-3-16-39-21-14-10-19(11-15-21)26(36)24-25(22-6-4-5-7-23(22)32)35(28(38)27(24)37)29-33-34-30(41-29)40-17-18-8-12-20(31)13-9-18/h4-15,25,36H,2-3,16-17H2,1H3/t25-/m0/s1. The maximum atomic E-state index is 15.2. The number of anilines is 1. The van der Waals surface area contributed by atoms with Gasteiger partial charge < -0.3 is 9.84 Å². The maximum absolute atomic E-state index is 15.2. The molecule has 0 unspecified atom stereocenters. The number of hydrogen-bond donors (Lipinski definition) is 1. The third kappa shape index (κ3) is 6.29. The summed E-state index contributed by atoms with van der Waals surface area (Å²) in [5, 5.41) is 20.4. The van der Waals surface area contributed by atoms with Gasteiger partial charge in [-0.3, -0.25) is 14.5 Å². The molecule has 7 nitrogen and oxygen atoms in total. The smallest absolute Gasteiger partial charge is 0.301 e. The van der Waals surface area contributed by atoms with Crippen molar-refractivity contribution in [1.82, 2.24) is 10.2 Å². The van der Waals surface area contributed by atoms with Crippen LogP contribution >= 0.6 is 34.7 Å². The third-order valence-electron chi connectivity index (χ3n) is 6.42. The fraction of sp³-hybridized carbons (Fsp3) is 0.200. The van der Waals surface area contributed by atoms with Crippen molar-refractivity contribution < 1.29 is 23.8 Å². The van der Waals surface area contributed by atoms with Crippen LogP contribution in [0.4, 0.5) is 9.52 Å². The minimum atomic E-state index is -1.24. The first-order valence-electron chi connectivity index (χ1n) is 12.9. The van der Waals surface area contributed by atoms with Crippen LogP contribution in [0.5, 0.6) is 5.75 Å². The normalized spacial score (nSPS) is 16.4. The number of unbranched alkanes of at least 4 members (excludes halogenated alkanes) is 1. The lowest BCUT2D eigenvalue weighted by Gasteiger charge is -2.22. The average molecular weight is 610 g/mol. The molecule has 1 saturated heterocycles. The van der Waals surface area contributed by atoms with E-state index in [4.69, 9.17) is 16.3 Å². The molecule has 0 radical (unpaired) electrons. The quantitative estimate of drug-likeness (QED) is 0.0499. The second-order valence-electron chi connectivity index (χ2n) is 9.18. The molecule has 0 aliphatic carbocycles. The molecule has 0 saturated carbocycles. The molecule has 1 amide bonds. The topological polar surface area (TPSA) is 92.6 Å². The summed E-state index contributed by atoms with van der Waals surface area (Å²) in [5.41, 5.74) is 1.14. The van der Waals surface area contributed by atoms with Gasteiger partial charge in [0, 0.05) is 21.9 Å². The van der Waals surface area contributed by atoms with Gasteiger partial charge in [0.2, 0.25) is 5.13 Å². The summed E-state index contributed by atoms with van der Waals surface area (Å²) in [6.45, 7) is 2.62. The number of carbonyl (C=O) groups is 2. The molecule has 210 valence electrons. The number of hydrogen-bond acceptors (Lipinski definition) is 8. The summed E-state index contributed by atoms with van der Waals surface area (Å²) in [6, 6.07) is 18.5. The Morgan fingerprint density at radius 1 is 1.07 bits per heavy atom. The first-order chi connectivity index (χ1) is 19.9. The highest BCUT2D eigenvalue weighted by molar-refractivity contribution is 8.00. The largest absolute Gasteiger partial charge is 0.507 e. The number of halogens is 2. The molecule has 2 heterocycles. The van der Waals surface area contributed by atoms with Crippen LogP contribution in [-0.2, 0) is 15.3 Å². The summed E-state index contributed by atoms with van der Waals surface area (Å²) < 4.78 is 21.4. The highest BCUT2D eigenvalue weighted by Crippen LogP contribution is 2.44. The molecule has 4 aromatic rings. The van der Waals surface area contributed by atoms with Gasteiger partial charge >= 0.3 is 5.91 Å². The van der Waals surface area contributed by atoms with Crippen LogP contribution in [0.3, 0.4) is 0 Å². The molecule has 0 spiro atoms. The Labute approximate surface area is 249 Å². The Bertz CT molecular complexity index is 1590. The van der Waals surface area contributed by atoms with E-state index in [1.807, 2.05) is 12.1 Å². The molecule has 1 atom stereocenters. The molecule has 5 rings (SSSR count). The van der Waals surface area contributed by atoms with E-state index >= 15 is 4.39 Å². The van der Waals surface area contributed by atoms with Crippen molar-refractivity contribution in [2.24, 2.45) is 0 Å². The minimum absolute atomic E-state index is 0.0540. The molecule has 41 heavy (non-hydrogen) atoms. The third-order valence-corrected chi connectivity index (χ3v) is 8.80. The molecule has 1 aliphatic heterocycles. The van der Waals surface area contributed by atoms with Crippen LogP contribution in [0.1, 0.15) is 42.5 Å². The van der Waals surface area contributed by atoms with E-state index in [2.05, 4.69) is 17.1 Å². The number of aromatic nitrogens is 2. The predicted molar refractivity (Wildman–Crippen MR) is 159 cm³/mol. The van der Waals surface area contributed by atoms with Crippen molar-refractivity contribution in [3.63, 3.8) is 0 Å². The fourth-order valence-corrected chi connectivity index (χ4v) is 6.25. The van der Waals surface area contributed by atoms with Crippen molar-refractivity contribution in [3.05, 3.63) is 106 Å². The predicted octanol–water partition coefficient (Wildman–Crippen LogP) is 7.43. The lowest BCUT2D eigenvalue weighted by atomic mass is 9.95. The summed E-state index contributed by atoms with van der Waals surface area (Å²) in [6.07, 6.45) is 1.90. The lowest BCUT2D eigenvalue weighted by molar-refractivity contribution is -0.132. The molecule has 1 aliphatic rings. The number of aliphatic hydroxyl groups excluding tert-OH is 1. The van der Waals surface area contributed by atoms with Crippen molar-refractivity contribution >= 4 is 57.3 Å². The Hall–Kier alpha value is -3.73. The van der Waals surface area contributed by atoms with E-state index in [1.165, 1.54) is 30.0 Å². The van der Waals surface area contributed by atoms with Gasteiger partial charge in [-0.15, -0.1) is 10.2 Å². The van der Waals surface area contributed by atoms with E-state index in [0.29, 0.717) is 33.0 Å². The second kappa shape index (κ2) is 12.8. The Balaban J connectivity index is 1.49. The number of Topliss-reactive ketones (excluding diaryl/α,β-unsaturated/α-hetero) is 1. The monoisotopic (exact) mass is 609 g/mol. The summed E-state index contributed by atoms with van der Waals surface area (Å²) in [5.74, 6) is -1.72. The highest BCUT2D eigenvalue weighted by Gasteiger charge is 2.49. The number of benzene rings is 3. The van der Waals surface area contributed by atoms with Crippen LogP contribution < -0.4 is 9.64 Å². The summed E-state index contributed by atoms with van der Waals surface area (Å²) in [4.78, 5) is 27.9. The fourth-order valence-electron chi connectivity index (χ4n) is 4.30. The van der Waals surface area contributed by atoms with E-state index in [9.17, 15) is 14.7 Å². The number of ether oxygens (including phenoxy) is 1. The number of amides is 1.